The second kappa shape index (κ2) is 6.95. The fourth-order valence-corrected chi connectivity index (χ4v) is 1.71. The van der Waals surface area contributed by atoms with Crippen LogP contribution in [0.1, 0.15) is 20.3 Å². The summed E-state index contributed by atoms with van der Waals surface area (Å²) in [6, 6.07) is 0. The summed E-state index contributed by atoms with van der Waals surface area (Å²) in [7, 11) is -1.67. The lowest BCUT2D eigenvalue weighted by molar-refractivity contribution is -0.139. The average Bonchev–Trinajstić information content (AvgIpc) is 2.02. The van der Waals surface area contributed by atoms with Gasteiger partial charge in [0.25, 0.3) is 0 Å². The Morgan fingerprint density at radius 2 is 1.69 bits per heavy atom. The van der Waals surface area contributed by atoms with Crippen molar-refractivity contribution in [3.8, 4) is 0 Å². The lowest BCUT2D eigenvalue weighted by atomic mass is 10.5. The Kier molecular flexibility index (Phi) is 6.68. The van der Waals surface area contributed by atoms with Crippen molar-refractivity contribution in [3.05, 3.63) is 0 Å². The molecule has 0 saturated heterocycles. The van der Waals surface area contributed by atoms with Gasteiger partial charge in [0.05, 0.1) is 13.2 Å². The van der Waals surface area contributed by atoms with Gasteiger partial charge in [0.2, 0.25) is 13.9 Å². The van der Waals surface area contributed by atoms with Crippen molar-refractivity contribution >= 4 is 19.9 Å². The molecule has 13 heavy (non-hydrogen) atoms. The predicted molar refractivity (Wildman–Crippen MR) is 47.4 cm³/mol. The first-order chi connectivity index (χ1) is 6.11. The molecule has 6 heteroatoms. The molecule has 0 aliphatic rings. The lowest BCUT2D eigenvalue weighted by Crippen LogP contribution is -2.08. The Hall–Kier alpha value is -0.510. The number of carboxylic acid groups (broad SMARTS) is 1. The van der Waals surface area contributed by atoms with Gasteiger partial charge in [-0.2, -0.15) is 0 Å². The summed E-state index contributed by atoms with van der Waals surface area (Å²) in [5, 5.41) is 8.35. The molecule has 5 nitrogen and oxygen atoms in total. The van der Waals surface area contributed by atoms with E-state index in [-0.39, 0.29) is 0 Å². The molecule has 0 spiro atoms. The zero-order valence-corrected chi connectivity index (χ0v) is 8.54. The summed E-state index contributed by atoms with van der Waals surface area (Å²) >= 11 is 0. The zero-order chi connectivity index (χ0) is 10.3. The van der Waals surface area contributed by atoms with E-state index >= 15 is 0 Å². The van der Waals surface area contributed by atoms with Crippen LogP contribution in [-0.4, -0.2) is 29.8 Å². The van der Waals surface area contributed by atoms with Gasteiger partial charge >= 0.3 is 5.97 Å². The van der Waals surface area contributed by atoms with Crippen LogP contribution in [0, 0.1) is 0 Å². The van der Waals surface area contributed by atoms with Gasteiger partial charge in [0, 0.05) is 0 Å². The fourth-order valence-electron chi connectivity index (χ4n) is 0.610. The van der Waals surface area contributed by atoms with Gasteiger partial charge in [-0.25, -0.2) is 0 Å². The average molecular weight is 208 g/mol. The molecule has 0 amide bonds. The first kappa shape index (κ1) is 12.5. The van der Waals surface area contributed by atoms with Crippen molar-refractivity contribution in [2.24, 2.45) is 0 Å². The van der Waals surface area contributed by atoms with Gasteiger partial charge in [-0.3, -0.25) is 9.59 Å². The van der Waals surface area contributed by atoms with Crippen LogP contribution in [0.3, 0.4) is 0 Å². The minimum absolute atomic E-state index is 0.344. The van der Waals surface area contributed by atoms with Crippen molar-refractivity contribution in [3.63, 3.8) is 0 Å². The summed E-state index contributed by atoms with van der Waals surface area (Å²) in [5.74, 6) is -1.16. The molecule has 0 unspecified atom stereocenters. The molecule has 0 fully saturated rings. The second-order valence-electron chi connectivity index (χ2n) is 2.06. The summed E-state index contributed by atoms with van der Waals surface area (Å²) in [4.78, 5) is 21.3. The largest absolute Gasteiger partial charge is 0.481 e. The Bertz CT molecular complexity index is 176. The standard InChI is InChI=1S/C7H13O5P/c1-3-11-13(12-4-2)7(10)5-6(8)9/h3-5H2,1-2H3,(H,8,9). The molecule has 0 saturated carbocycles. The summed E-state index contributed by atoms with van der Waals surface area (Å²) in [5.41, 5.74) is -0.494. The molecule has 0 aromatic rings. The topological polar surface area (TPSA) is 72.8 Å². The molecule has 0 aromatic carbocycles. The highest BCUT2D eigenvalue weighted by Gasteiger charge is 2.22. The van der Waals surface area contributed by atoms with E-state index in [1.165, 1.54) is 0 Å². The molecular formula is C7H13O5P. The number of hydrogen-bond acceptors (Lipinski definition) is 4. The number of aliphatic carboxylic acids is 1. The number of carbonyl (C=O) groups excluding carboxylic acids is 1. The Labute approximate surface area is 77.9 Å². The maximum absolute atomic E-state index is 11.1. The Morgan fingerprint density at radius 1 is 1.23 bits per heavy atom. The SMILES string of the molecule is CCOP(OCC)C(=O)CC(=O)O. The zero-order valence-electron chi connectivity index (χ0n) is 7.65. The number of rotatable bonds is 7. The molecule has 0 aliphatic heterocycles. The van der Waals surface area contributed by atoms with Crippen LogP contribution in [0.2, 0.25) is 0 Å². The summed E-state index contributed by atoms with van der Waals surface area (Å²) in [6.07, 6.45) is -0.536. The van der Waals surface area contributed by atoms with E-state index in [9.17, 15) is 9.59 Å². The number of carbonyl (C=O) groups is 2. The van der Waals surface area contributed by atoms with Gasteiger partial charge in [-0.1, -0.05) is 0 Å². The Morgan fingerprint density at radius 3 is 2.00 bits per heavy atom. The molecule has 0 aromatic heterocycles. The number of carboxylic acids is 1. The van der Waals surface area contributed by atoms with Crippen LogP contribution in [0.25, 0.3) is 0 Å². The first-order valence-corrected chi connectivity index (χ1v) is 5.10. The van der Waals surface area contributed by atoms with Crippen LogP contribution < -0.4 is 0 Å². The highest BCUT2D eigenvalue weighted by molar-refractivity contribution is 7.66. The smallest absolute Gasteiger partial charge is 0.311 e. The third-order valence-electron chi connectivity index (χ3n) is 0.999. The van der Waals surface area contributed by atoms with Gasteiger partial charge in [0.1, 0.15) is 6.42 Å². The Balaban J connectivity index is 4.02. The minimum Gasteiger partial charge on any atom is -0.481 e. The molecule has 0 heterocycles. The third-order valence-corrected chi connectivity index (χ3v) is 2.55. The molecular weight excluding hydrogens is 195 g/mol. The molecule has 0 rings (SSSR count). The summed E-state index contributed by atoms with van der Waals surface area (Å²) in [6.45, 7) is 4.14. The lowest BCUT2D eigenvalue weighted by Gasteiger charge is -2.12. The minimum atomic E-state index is -1.67. The van der Waals surface area contributed by atoms with E-state index in [1.54, 1.807) is 13.8 Å². The highest BCUT2D eigenvalue weighted by Crippen LogP contribution is 2.39. The van der Waals surface area contributed by atoms with E-state index in [2.05, 4.69) is 0 Å². The third kappa shape index (κ3) is 5.69. The van der Waals surface area contributed by atoms with Gasteiger partial charge < -0.3 is 14.2 Å². The van der Waals surface area contributed by atoms with Crippen LogP contribution >= 0.6 is 8.38 Å². The van der Waals surface area contributed by atoms with Gasteiger partial charge in [-0.15, -0.1) is 0 Å². The summed E-state index contributed by atoms with van der Waals surface area (Å²) < 4.78 is 9.95. The van der Waals surface area contributed by atoms with Crippen molar-refractivity contribution in [1.29, 1.82) is 0 Å². The highest BCUT2D eigenvalue weighted by atomic mass is 31.2. The molecule has 0 atom stereocenters. The molecule has 76 valence electrons. The maximum atomic E-state index is 11.1. The predicted octanol–water partition coefficient (Wildman–Crippen LogP) is 1.37. The monoisotopic (exact) mass is 208 g/mol. The van der Waals surface area contributed by atoms with Gasteiger partial charge in [0.15, 0.2) is 0 Å². The van der Waals surface area contributed by atoms with E-state index in [4.69, 9.17) is 14.2 Å². The van der Waals surface area contributed by atoms with Gasteiger partial charge in [-0.05, 0) is 13.8 Å². The second-order valence-corrected chi connectivity index (χ2v) is 3.59. The first-order valence-electron chi connectivity index (χ1n) is 3.92. The molecule has 0 bridgehead atoms. The van der Waals surface area contributed by atoms with E-state index in [1.807, 2.05) is 0 Å². The van der Waals surface area contributed by atoms with Crippen molar-refractivity contribution in [2.75, 3.05) is 13.2 Å². The fraction of sp³-hybridized carbons (Fsp3) is 0.714. The normalized spacial score (nSPS) is 10.4. The quantitative estimate of drug-likeness (QED) is 0.505. The van der Waals surface area contributed by atoms with Crippen molar-refractivity contribution in [2.45, 2.75) is 20.3 Å². The van der Waals surface area contributed by atoms with Crippen molar-refractivity contribution < 1.29 is 23.7 Å². The van der Waals surface area contributed by atoms with E-state index in [0.717, 1.165) is 0 Å². The number of hydrogen-bond donors (Lipinski definition) is 1. The van der Waals surface area contributed by atoms with Crippen LogP contribution in [0.5, 0.6) is 0 Å². The molecule has 0 aliphatic carbocycles. The van der Waals surface area contributed by atoms with E-state index in [0.29, 0.717) is 13.2 Å². The molecule has 0 radical (unpaired) electrons. The molecule has 1 N–H and O–H groups in total. The van der Waals surface area contributed by atoms with Crippen LogP contribution in [0.15, 0.2) is 0 Å². The maximum Gasteiger partial charge on any atom is 0.311 e. The van der Waals surface area contributed by atoms with Crippen molar-refractivity contribution in [1.82, 2.24) is 0 Å². The van der Waals surface area contributed by atoms with E-state index < -0.39 is 26.3 Å². The van der Waals surface area contributed by atoms with Crippen LogP contribution in [0.4, 0.5) is 0 Å². The van der Waals surface area contributed by atoms with Crippen LogP contribution in [-0.2, 0) is 18.6 Å².